The fourth-order valence-electron chi connectivity index (χ4n) is 4.71. The van der Waals surface area contributed by atoms with Gasteiger partial charge in [0.25, 0.3) is 0 Å². The van der Waals surface area contributed by atoms with Crippen LogP contribution in [0.5, 0.6) is 11.5 Å². The van der Waals surface area contributed by atoms with E-state index >= 15 is 0 Å². The maximum Gasteiger partial charge on any atom is 0.162 e. The largest absolute Gasteiger partial charge is 0.486 e. The lowest BCUT2D eigenvalue weighted by molar-refractivity contribution is 0.171. The summed E-state index contributed by atoms with van der Waals surface area (Å²) in [4.78, 5) is 6.12. The van der Waals surface area contributed by atoms with E-state index < -0.39 is 0 Å². The number of benzene rings is 2. The van der Waals surface area contributed by atoms with E-state index in [1.54, 1.807) is 0 Å². The van der Waals surface area contributed by atoms with E-state index in [9.17, 15) is 0 Å². The molecular formula is C24H24N4O2. The summed E-state index contributed by atoms with van der Waals surface area (Å²) in [6, 6.07) is 14.7. The molecule has 30 heavy (non-hydrogen) atoms. The lowest BCUT2D eigenvalue weighted by Crippen LogP contribution is -2.29. The zero-order valence-corrected chi connectivity index (χ0v) is 17.0. The van der Waals surface area contributed by atoms with E-state index in [0.29, 0.717) is 13.2 Å². The summed E-state index contributed by atoms with van der Waals surface area (Å²) in [6.45, 7) is 4.04. The normalized spacial score (nSPS) is 16.0. The van der Waals surface area contributed by atoms with Crippen LogP contribution in [0.15, 0.2) is 48.7 Å². The number of H-pyrrole nitrogens is 1. The first-order chi connectivity index (χ1) is 14.7. The fourth-order valence-corrected chi connectivity index (χ4v) is 4.71. The number of nitrogens with one attached hydrogen (secondary N) is 1. The molecule has 0 atom stereocenters. The van der Waals surface area contributed by atoms with Gasteiger partial charge in [0, 0.05) is 60.6 Å². The number of aryl methyl sites for hydroxylation is 1. The Bertz CT molecular complexity index is 1240. The molecule has 0 spiro atoms. The molecule has 2 aliphatic rings. The highest BCUT2D eigenvalue weighted by Gasteiger charge is 2.23. The van der Waals surface area contributed by atoms with Crippen LogP contribution in [-0.4, -0.2) is 39.4 Å². The van der Waals surface area contributed by atoms with E-state index in [-0.39, 0.29) is 0 Å². The third kappa shape index (κ3) is 2.95. The second-order valence-corrected chi connectivity index (χ2v) is 8.12. The van der Waals surface area contributed by atoms with Crippen LogP contribution in [0.2, 0.25) is 0 Å². The SMILES string of the molecule is Cn1cc(CN2CCc3c([nH]c4ccccc34)C2)c(-c2ccc3c(c2)OCCO3)n1. The van der Waals surface area contributed by atoms with Crippen molar-refractivity contribution in [1.29, 1.82) is 0 Å². The highest BCUT2D eigenvalue weighted by molar-refractivity contribution is 5.84. The van der Waals surface area contributed by atoms with Crippen molar-refractivity contribution < 1.29 is 9.47 Å². The number of aromatic nitrogens is 3. The minimum Gasteiger partial charge on any atom is -0.486 e. The molecule has 0 aliphatic carbocycles. The molecule has 6 nitrogen and oxygen atoms in total. The van der Waals surface area contributed by atoms with Crippen molar-refractivity contribution in [3.8, 4) is 22.8 Å². The van der Waals surface area contributed by atoms with Crippen molar-refractivity contribution in [2.45, 2.75) is 19.5 Å². The maximum atomic E-state index is 5.78. The molecular weight excluding hydrogens is 376 g/mol. The van der Waals surface area contributed by atoms with Gasteiger partial charge in [0.2, 0.25) is 0 Å². The average molecular weight is 400 g/mol. The zero-order valence-electron chi connectivity index (χ0n) is 17.0. The van der Waals surface area contributed by atoms with Crippen molar-refractivity contribution in [2.75, 3.05) is 19.8 Å². The van der Waals surface area contributed by atoms with Crippen molar-refractivity contribution in [3.05, 3.63) is 65.5 Å². The molecule has 0 radical (unpaired) electrons. The number of aromatic amines is 1. The Balaban J connectivity index is 1.29. The lowest BCUT2D eigenvalue weighted by Gasteiger charge is -2.27. The first-order valence-electron chi connectivity index (χ1n) is 10.5. The van der Waals surface area contributed by atoms with E-state index in [0.717, 1.165) is 48.8 Å². The maximum absolute atomic E-state index is 5.78. The van der Waals surface area contributed by atoms with Gasteiger partial charge >= 0.3 is 0 Å². The first-order valence-corrected chi connectivity index (χ1v) is 10.5. The summed E-state index contributed by atoms with van der Waals surface area (Å²) in [7, 11) is 1.98. The average Bonchev–Trinajstić information content (AvgIpc) is 3.32. The highest BCUT2D eigenvalue weighted by Crippen LogP contribution is 2.36. The van der Waals surface area contributed by atoms with E-state index in [1.165, 1.54) is 27.7 Å². The molecule has 1 N–H and O–H groups in total. The molecule has 4 aromatic rings. The Morgan fingerprint density at radius 3 is 2.87 bits per heavy atom. The molecule has 2 aromatic carbocycles. The summed E-state index contributed by atoms with van der Waals surface area (Å²) in [5.74, 6) is 1.61. The monoisotopic (exact) mass is 400 g/mol. The van der Waals surface area contributed by atoms with Gasteiger partial charge in [-0.2, -0.15) is 5.10 Å². The number of fused-ring (bicyclic) bond motifs is 4. The van der Waals surface area contributed by atoms with Crippen LogP contribution in [0, 0.1) is 0 Å². The molecule has 0 bridgehead atoms. The minimum atomic E-state index is 0.589. The topological polar surface area (TPSA) is 55.3 Å². The molecule has 6 heteroatoms. The third-order valence-electron chi connectivity index (χ3n) is 6.08. The molecule has 4 heterocycles. The van der Waals surface area contributed by atoms with Gasteiger partial charge in [0.05, 0.1) is 5.69 Å². The van der Waals surface area contributed by atoms with Gasteiger partial charge in [-0.25, -0.2) is 0 Å². The molecule has 2 aromatic heterocycles. The Hall–Kier alpha value is -3.25. The molecule has 0 saturated carbocycles. The van der Waals surface area contributed by atoms with Crippen LogP contribution in [0.3, 0.4) is 0 Å². The van der Waals surface area contributed by atoms with Gasteiger partial charge < -0.3 is 14.5 Å². The summed E-state index contributed by atoms with van der Waals surface area (Å²) in [5, 5.41) is 6.13. The van der Waals surface area contributed by atoms with Crippen LogP contribution in [-0.2, 0) is 26.6 Å². The third-order valence-corrected chi connectivity index (χ3v) is 6.08. The quantitative estimate of drug-likeness (QED) is 0.567. The zero-order chi connectivity index (χ0) is 20.1. The van der Waals surface area contributed by atoms with Gasteiger partial charge in [0.15, 0.2) is 11.5 Å². The molecule has 6 rings (SSSR count). The Morgan fingerprint density at radius 2 is 1.93 bits per heavy atom. The second kappa shape index (κ2) is 6.92. The van der Waals surface area contributed by atoms with Crippen LogP contribution in [0.25, 0.3) is 22.2 Å². The molecule has 0 saturated heterocycles. The predicted molar refractivity (Wildman–Crippen MR) is 116 cm³/mol. The van der Waals surface area contributed by atoms with Crippen LogP contribution >= 0.6 is 0 Å². The van der Waals surface area contributed by atoms with E-state index in [2.05, 4.69) is 46.4 Å². The number of ether oxygens (including phenoxy) is 2. The number of nitrogens with zero attached hydrogens (tertiary/aromatic N) is 3. The van der Waals surface area contributed by atoms with Gasteiger partial charge in [-0.15, -0.1) is 0 Å². The molecule has 2 aliphatic heterocycles. The van der Waals surface area contributed by atoms with Gasteiger partial charge in [-0.05, 0) is 36.2 Å². The van der Waals surface area contributed by atoms with Crippen molar-refractivity contribution >= 4 is 10.9 Å². The van der Waals surface area contributed by atoms with Gasteiger partial charge in [-0.3, -0.25) is 9.58 Å². The van der Waals surface area contributed by atoms with Crippen LogP contribution in [0.4, 0.5) is 0 Å². The standard InChI is InChI=1S/C24H24N4O2/c1-27-13-17(24(26-27)16-6-7-22-23(12-16)30-11-10-29-22)14-28-9-8-19-18-4-2-3-5-20(18)25-21(19)15-28/h2-7,12-13,25H,8-11,14-15H2,1H3. The molecule has 0 fully saturated rings. The number of para-hydroxylation sites is 1. The van der Waals surface area contributed by atoms with Crippen molar-refractivity contribution in [3.63, 3.8) is 0 Å². The number of hydrogen-bond acceptors (Lipinski definition) is 4. The summed E-state index contributed by atoms with van der Waals surface area (Å²) >= 11 is 0. The fraction of sp³-hybridized carbons (Fsp3) is 0.292. The van der Waals surface area contributed by atoms with Crippen LogP contribution in [0.1, 0.15) is 16.8 Å². The first kappa shape index (κ1) is 17.6. The Labute approximate surface area is 175 Å². The van der Waals surface area contributed by atoms with Crippen molar-refractivity contribution in [2.24, 2.45) is 7.05 Å². The van der Waals surface area contributed by atoms with Gasteiger partial charge in [0.1, 0.15) is 13.2 Å². The highest BCUT2D eigenvalue weighted by atomic mass is 16.6. The molecule has 0 amide bonds. The minimum absolute atomic E-state index is 0.589. The summed E-state index contributed by atoms with van der Waals surface area (Å²) in [6.07, 6.45) is 3.20. The van der Waals surface area contributed by atoms with Crippen molar-refractivity contribution in [1.82, 2.24) is 19.7 Å². The van der Waals surface area contributed by atoms with E-state index in [4.69, 9.17) is 14.6 Å². The summed E-state index contributed by atoms with van der Waals surface area (Å²) < 4.78 is 13.3. The summed E-state index contributed by atoms with van der Waals surface area (Å²) in [5.41, 5.74) is 7.36. The lowest BCUT2D eigenvalue weighted by atomic mass is 10.0. The molecule has 0 unspecified atom stereocenters. The predicted octanol–water partition coefficient (Wildman–Crippen LogP) is 3.90. The Kier molecular flexibility index (Phi) is 4.06. The number of rotatable bonds is 3. The molecule has 152 valence electrons. The second-order valence-electron chi connectivity index (χ2n) is 8.12. The smallest absolute Gasteiger partial charge is 0.162 e. The van der Waals surface area contributed by atoms with Gasteiger partial charge in [-0.1, -0.05) is 18.2 Å². The van der Waals surface area contributed by atoms with E-state index in [1.807, 2.05) is 23.9 Å². The number of hydrogen-bond donors (Lipinski definition) is 1. The van der Waals surface area contributed by atoms with Crippen LogP contribution < -0.4 is 9.47 Å². The Morgan fingerprint density at radius 1 is 1.07 bits per heavy atom.